The van der Waals surface area contributed by atoms with Crippen molar-refractivity contribution in [3.05, 3.63) is 53.6 Å². The van der Waals surface area contributed by atoms with E-state index in [-0.39, 0.29) is 10.8 Å². The number of carbonyl (C=O) groups excluding carboxylic acids is 1. The second-order valence-corrected chi connectivity index (χ2v) is 11.5. The summed E-state index contributed by atoms with van der Waals surface area (Å²) in [4.78, 5) is 14.6. The number of ether oxygens (including phenoxy) is 1. The molecule has 7 nitrogen and oxygen atoms in total. The smallest absolute Gasteiger partial charge is 0.264 e. The van der Waals surface area contributed by atoms with Gasteiger partial charge in [-0.05, 0) is 69.4 Å². The van der Waals surface area contributed by atoms with Crippen molar-refractivity contribution in [2.24, 2.45) is 0 Å². The highest BCUT2D eigenvalue weighted by atomic mass is 32.2. The van der Waals surface area contributed by atoms with E-state index in [1.54, 1.807) is 36.9 Å². The number of anilines is 1. The molecule has 0 aromatic heterocycles. The first-order valence-electron chi connectivity index (χ1n) is 11.6. The number of hydrogen-bond acceptors (Lipinski definition) is 5. The van der Waals surface area contributed by atoms with Gasteiger partial charge in [-0.2, -0.15) is 0 Å². The van der Waals surface area contributed by atoms with Gasteiger partial charge in [-0.3, -0.25) is 9.10 Å². The van der Waals surface area contributed by atoms with Crippen molar-refractivity contribution in [3.8, 4) is 5.75 Å². The number of aliphatic hydroxyl groups is 1. The lowest BCUT2D eigenvalue weighted by Gasteiger charge is -2.47. The molecule has 3 aliphatic heterocycles. The van der Waals surface area contributed by atoms with E-state index in [0.717, 1.165) is 31.2 Å². The summed E-state index contributed by atoms with van der Waals surface area (Å²) in [5.41, 5.74) is 1.36. The average molecular weight is 471 g/mol. The molecule has 1 fully saturated rings. The molecule has 8 heteroatoms. The van der Waals surface area contributed by atoms with Gasteiger partial charge in [0, 0.05) is 25.1 Å². The van der Waals surface area contributed by atoms with Gasteiger partial charge in [-0.1, -0.05) is 18.2 Å². The molecule has 0 radical (unpaired) electrons. The minimum absolute atomic E-state index is 0.0211. The number of sulfonamides is 1. The van der Waals surface area contributed by atoms with Crippen LogP contribution < -0.4 is 9.04 Å². The fourth-order valence-corrected chi connectivity index (χ4v) is 6.82. The van der Waals surface area contributed by atoms with E-state index in [4.69, 9.17) is 4.74 Å². The third-order valence-electron chi connectivity index (χ3n) is 7.04. The molecule has 3 heterocycles. The molecule has 176 valence electrons. The Morgan fingerprint density at radius 3 is 2.61 bits per heavy atom. The Kier molecular flexibility index (Phi) is 5.40. The number of likely N-dealkylation sites (tertiary alicyclic amines) is 1. The number of hydrogen-bond donors (Lipinski definition) is 1. The Bertz CT molecular complexity index is 1190. The Morgan fingerprint density at radius 2 is 1.82 bits per heavy atom. The molecule has 33 heavy (non-hydrogen) atoms. The number of carbonyl (C=O) groups is 1. The molecular formula is C25H30N2O5S. The molecule has 2 unspecified atom stereocenters. The number of amides is 1. The molecule has 0 spiro atoms. The van der Waals surface area contributed by atoms with Gasteiger partial charge in [0.1, 0.15) is 17.5 Å². The van der Waals surface area contributed by atoms with Crippen LogP contribution in [0.15, 0.2) is 47.4 Å². The second-order valence-electron chi connectivity index (χ2n) is 9.65. The van der Waals surface area contributed by atoms with Gasteiger partial charge in [0.25, 0.3) is 10.0 Å². The lowest BCUT2D eigenvalue weighted by Crippen LogP contribution is -2.55. The van der Waals surface area contributed by atoms with Crippen molar-refractivity contribution < 1.29 is 23.1 Å². The summed E-state index contributed by atoms with van der Waals surface area (Å²) in [6.45, 7) is 4.53. The number of fused-ring (bicyclic) bond motifs is 2. The number of piperidine rings is 1. The highest BCUT2D eigenvalue weighted by molar-refractivity contribution is 7.92. The number of para-hydroxylation sites is 1. The van der Waals surface area contributed by atoms with Crippen molar-refractivity contribution in [1.82, 2.24) is 4.90 Å². The third kappa shape index (κ3) is 3.69. The molecule has 0 bridgehead atoms. The number of aliphatic hydroxyl groups excluding tert-OH is 1. The number of benzene rings is 2. The van der Waals surface area contributed by atoms with Crippen LogP contribution in [0.4, 0.5) is 5.69 Å². The predicted octanol–water partition coefficient (Wildman–Crippen LogP) is 3.41. The first-order valence-corrected chi connectivity index (χ1v) is 13.1. The maximum atomic E-state index is 13.7. The largest absolute Gasteiger partial charge is 0.485 e. The summed E-state index contributed by atoms with van der Waals surface area (Å²) in [5, 5.41) is 11.2. The van der Waals surface area contributed by atoms with Gasteiger partial charge in [0.15, 0.2) is 0 Å². The van der Waals surface area contributed by atoms with Crippen LogP contribution >= 0.6 is 0 Å². The molecule has 5 rings (SSSR count). The van der Waals surface area contributed by atoms with Crippen molar-refractivity contribution in [2.45, 2.75) is 68.6 Å². The lowest BCUT2D eigenvalue weighted by molar-refractivity contribution is -0.147. The highest BCUT2D eigenvalue weighted by Gasteiger charge is 2.47. The summed E-state index contributed by atoms with van der Waals surface area (Å²) in [5.74, 6) is 0.485. The van der Waals surface area contributed by atoms with E-state index in [1.165, 1.54) is 4.31 Å². The normalized spacial score (nSPS) is 24.6. The lowest BCUT2D eigenvalue weighted by atomic mass is 9.84. The SMILES string of the molecule is CC1(C)Oc2ccc(S(=O)(=O)N3CCCc4ccccc43)cc2C(N2CCCCC2=O)C1O. The molecular weight excluding hydrogens is 440 g/mol. The summed E-state index contributed by atoms with van der Waals surface area (Å²) >= 11 is 0. The van der Waals surface area contributed by atoms with Crippen LogP contribution in [-0.2, 0) is 21.2 Å². The summed E-state index contributed by atoms with van der Waals surface area (Å²) < 4.78 is 35.0. The predicted molar refractivity (Wildman–Crippen MR) is 125 cm³/mol. The topological polar surface area (TPSA) is 87.2 Å². The van der Waals surface area contributed by atoms with Gasteiger partial charge in [0.05, 0.1) is 16.6 Å². The molecule has 1 N–H and O–H groups in total. The van der Waals surface area contributed by atoms with Crippen LogP contribution in [0.3, 0.4) is 0 Å². The van der Waals surface area contributed by atoms with Crippen molar-refractivity contribution >= 4 is 21.6 Å². The molecule has 3 aliphatic rings. The van der Waals surface area contributed by atoms with Crippen molar-refractivity contribution in [3.63, 3.8) is 0 Å². The minimum atomic E-state index is -3.83. The van der Waals surface area contributed by atoms with Crippen molar-refractivity contribution in [2.75, 3.05) is 17.4 Å². The zero-order chi connectivity index (χ0) is 23.4. The molecule has 0 saturated carbocycles. The summed E-state index contributed by atoms with van der Waals surface area (Å²) in [6.07, 6.45) is 2.73. The summed E-state index contributed by atoms with van der Waals surface area (Å²) in [6, 6.07) is 11.7. The van der Waals surface area contributed by atoms with Gasteiger partial charge < -0.3 is 14.7 Å². The van der Waals surface area contributed by atoms with E-state index in [0.29, 0.717) is 36.5 Å². The van der Waals surface area contributed by atoms with Crippen LogP contribution in [0.1, 0.15) is 56.7 Å². The fraction of sp³-hybridized carbons (Fsp3) is 0.480. The number of nitrogens with zero attached hydrogens (tertiary/aromatic N) is 2. The Morgan fingerprint density at radius 1 is 1.03 bits per heavy atom. The highest BCUT2D eigenvalue weighted by Crippen LogP contribution is 2.45. The zero-order valence-electron chi connectivity index (χ0n) is 19.0. The van der Waals surface area contributed by atoms with Crippen LogP contribution in [-0.4, -0.2) is 49.1 Å². The van der Waals surface area contributed by atoms with Gasteiger partial charge >= 0.3 is 0 Å². The maximum Gasteiger partial charge on any atom is 0.264 e. The molecule has 1 saturated heterocycles. The van der Waals surface area contributed by atoms with Crippen LogP contribution in [0.5, 0.6) is 5.75 Å². The second kappa shape index (κ2) is 8.02. The van der Waals surface area contributed by atoms with E-state index in [9.17, 15) is 18.3 Å². The quantitative estimate of drug-likeness (QED) is 0.743. The van der Waals surface area contributed by atoms with E-state index in [2.05, 4.69) is 0 Å². The van der Waals surface area contributed by atoms with E-state index < -0.39 is 27.8 Å². The van der Waals surface area contributed by atoms with Crippen LogP contribution in [0.2, 0.25) is 0 Å². The number of aryl methyl sites for hydroxylation is 1. The molecule has 2 aromatic rings. The van der Waals surface area contributed by atoms with E-state index in [1.807, 2.05) is 24.3 Å². The maximum absolute atomic E-state index is 13.7. The van der Waals surface area contributed by atoms with Gasteiger partial charge in [-0.25, -0.2) is 8.42 Å². The fourth-order valence-electron chi connectivity index (χ4n) is 5.24. The third-order valence-corrected chi connectivity index (χ3v) is 8.84. The average Bonchev–Trinajstić information content (AvgIpc) is 2.80. The molecule has 0 aliphatic carbocycles. The Hall–Kier alpha value is -2.58. The minimum Gasteiger partial charge on any atom is -0.485 e. The van der Waals surface area contributed by atoms with Crippen molar-refractivity contribution in [1.29, 1.82) is 0 Å². The monoisotopic (exact) mass is 470 g/mol. The molecule has 2 atom stereocenters. The first-order chi connectivity index (χ1) is 15.7. The first kappa shape index (κ1) is 22.2. The zero-order valence-corrected chi connectivity index (χ0v) is 19.8. The Balaban J connectivity index is 1.60. The van der Waals surface area contributed by atoms with Crippen LogP contribution in [0.25, 0.3) is 0 Å². The van der Waals surface area contributed by atoms with Gasteiger partial charge in [0.2, 0.25) is 5.91 Å². The molecule has 2 aromatic carbocycles. The summed E-state index contributed by atoms with van der Waals surface area (Å²) in [7, 11) is -3.83. The van der Waals surface area contributed by atoms with Gasteiger partial charge in [-0.15, -0.1) is 0 Å². The van der Waals surface area contributed by atoms with Crippen LogP contribution in [0, 0.1) is 0 Å². The molecule has 1 amide bonds. The van der Waals surface area contributed by atoms with E-state index >= 15 is 0 Å². The Labute approximate surface area is 195 Å². The number of rotatable bonds is 3. The standard InChI is InChI=1S/C25H30N2O5S/c1-25(2)24(29)23(26-14-6-5-11-22(26)28)19-16-18(12-13-21(19)32-25)33(30,31)27-15-7-9-17-8-3-4-10-20(17)27/h3-4,8,10,12-13,16,23-24,29H,5-7,9,11,14-15H2,1-2H3.